The summed E-state index contributed by atoms with van der Waals surface area (Å²) in [5, 5.41) is 0.389. The van der Waals surface area contributed by atoms with E-state index < -0.39 is 0 Å². The highest BCUT2D eigenvalue weighted by Crippen LogP contribution is 2.12. The Morgan fingerprint density at radius 3 is 2.44 bits per heavy atom. The van der Waals surface area contributed by atoms with E-state index in [0.29, 0.717) is 10.6 Å². The first-order chi connectivity index (χ1) is 4.18. The first kappa shape index (κ1) is 6.56. The molecular weight excluding hydrogens is 139 g/mol. The summed E-state index contributed by atoms with van der Waals surface area (Å²) < 4.78 is 12.3. The summed E-state index contributed by atoms with van der Waals surface area (Å²) in [5.74, 6) is -0.340. The van der Waals surface area contributed by atoms with Crippen LogP contribution in [0.1, 0.15) is 5.56 Å². The Bertz CT molecular complexity index is 170. The van der Waals surface area contributed by atoms with Gasteiger partial charge >= 0.3 is 0 Å². The quantitative estimate of drug-likeness (QED) is 0.524. The van der Waals surface area contributed by atoms with Crippen LogP contribution in [0.25, 0.3) is 0 Å². The van der Waals surface area contributed by atoms with Gasteiger partial charge in [-0.25, -0.2) is 4.39 Å². The summed E-state index contributed by atoms with van der Waals surface area (Å²) >= 11 is 5.47. The predicted octanol–water partition coefficient (Wildman–Crippen LogP) is 2.66. The van der Waals surface area contributed by atoms with E-state index >= 15 is 0 Å². The second kappa shape index (κ2) is 2.36. The van der Waals surface area contributed by atoms with Gasteiger partial charge in [-0.15, -0.1) is 0 Å². The van der Waals surface area contributed by atoms with E-state index in [1.165, 1.54) is 12.1 Å². The first-order valence-electron chi connectivity index (χ1n) is 2.46. The lowest BCUT2D eigenvalue weighted by molar-refractivity contribution is 0.627. The third-order valence-electron chi connectivity index (χ3n) is 0.922. The van der Waals surface area contributed by atoms with Crippen LogP contribution in [0.3, 0.4) is 0 Å². The topological polar surface area (TPSA) is 0 Å². The average Bonchev–Trinajstić information content (AvgIpc) is 1.59. The van der Waals surface area contributed by atoms with Gasteiger partial charge < -0.3 is 0 Å². The molecule has 0 saturated carbocycles. The molecule has 0 unspecified atom stereocenters. The van der Waals surface area contributed by atoms with Crippen LogP contribution in [-0.2, 0) is 0 Å². The molecule has 1 aromatic rings. The third-order valence-corrected chi connectivity index (χ3v) is 1.14. The normalized spacial score (nSPS) is 9.67. The maximum Gasteiger partial charge on any atom is 0.124 e. The van der Waals surface area contributed by atoms with E-state index in [9.17, 15) is 4.39 Å². The summed E-state index contributed by atoms with van der Waals surface area (Å²) in [6, 6.07) is 4.17. The van der Waals surface area contributed by atoms with Crippen molar-refractivity contribution in [2.45, 2.75) is 0 Å². The molecule has 1 aromatic carbocycles. The van der Waals surface area contributed by atoms with Gasteiger partial charge in [-0.05, 0) is 30.7 Å². The van der Waals surface area contributed by atoms with Gasteiger partial charge in [0.25, 0.3) is 0 Å². The Labute approximate surface area is 58.3 Å². The Hall–Kier alpha value is -0.560. The van der Waals surface area contributed by atoms with Crippen LogP contribution in [0.4, 0.5) is 4.39 Å². The maximum absolute atomic E-state index is 12.3. The van der Waals surface area contributed by atoms with Crippen LogP contribution in [0.15, 0.2) is 18.2 Å². The van der Waals surface area contributed by atoms with Crippen molar-refractivity contribution in [3.63, 3.8) is 0 Å². The van der Waals surface area contributed by atoms with Crippen LogP contribution in [0.2, 0.25) is 5.02 Å². The van der Waals surface area contributed by atoms with Crippen molar-refractivity contribution in [1.29, 1.82) is 0 Å². The van der Waals surface area contributed by atoms with Gasteiger partial charge in [-0.3, -0.25) is 0 Å². The van der Waals surface area contributed by atoms with Crippen LogP contribution in [0, 0.1) is 12.7 Å². The molecule has 1 rings (SSSR count). The van der Waals surface area contributed by atoms with Crippen molar-refractivity contribution < 1.29 is 4.39 Å². The fourth-order valence-corrected chi connectivity index (χ4v) is 0.855. The summed E-state index contributed by atoms with van der Waals surface area (Å²) in [7, 11) is 0. The highest BCUT2D eigenvalue weighted by atomic mass is 35.5. The van der Waals surface area contributed by atoms with Gasteiger partial charge in [-0.1, -0.05) is 11.6 Å². The minimum absolute atomic E-state index is 0.340. The lowest BCUT2D eigenvalue weighted by Gasteiger charge is -1.92. The van der Waals surface area contributed by atoms with E-state index in [1.807, 2.05) is 0 Å². The maximum atomic E-state index is 12.3. The molecule has 0 nitrogen and oxygen atoms in total. The SMILES string of the molecule is [CH2]c1cc(F)cc(Cl)c1. The predicted molar refractivity (Wildman–Crippen MR) is 35.9 cm³/mol. The highest BCUT2D eigenvalue weighted by molar-refractivity contribution is 6.30. The number of hydrogen-bond donors (Lipinski definition) is 0. The van der Waals surface area contributed by atoms with E-state index in [-0.39, 0.29) is 5.82 Å². The molecule has 0 atom stereocenters. The van der Waals surface area contributed by atoms with Crippen molar-refractivity contribution in [2.24, 2.45) is 0 Å². The Morgan fingerprint density at radius 1 is 1.33 bits per heavy atom. The van der Waals surface area contributed by atoms with Crippen LogP contribution >= 0.6 is 11.6 Å². The molecule has 0 saturated heterocycles. The molecule has 0 aliphatic rings. The van der Waals surface area contributed by atoms with Crippen LogP contribution < -0.4 is 0 Å². The lowest BCUT2D eigenvalue weighted by atomic mass is 10.2. The van der Waals surface area contributed by atoms with Crippen molar-refractivity contribution in [1.82, 2.24) is 0 Å². The fraction of sp³-hybridized carbons (Fsp3) is 0. The molecule has 0 spiro atoms. The molecule has 1 radical (unpaired) electrons. The van der Waals surface area contributed by atoms with E-state index in [2.05, 4.69) is 6.92 Å². The Morgan fingerprint density at radius 2 is 2.00 bits per heavy atom. The van der Waals surface area contributed by atoms with Crippen LogP contribution in [0.5, 0.6) is 0 Å². The largest absolute Gasteiger partial charge is 0.207 e. The molecule has 0 bridgehead atoms. The zero-order valence-electron chi connectivity index (χ0n) is 4.70. The molecule has 0 fully saturated rings. The summed E-state index contributed by atoms with van der Waals surface area (Å²) in [6.45, 7) is 3.52. The minimum Gasteiger partial charge on any atom is -0.207 e. The second-order valence-electron chi connectivity index (χ2n) is 1.78. The van der Waals surface area contributed by atoms with Crippen LogP contribution in [-0.4, -0.2) is 0 Å². The van der Waals surface area contributed by atoms with E-state index in [1.54, 1.807) is 6.07 Å². The third kappa shape index (κ3) is 1.68. The zero-order chi connectivity index (χ0) is 6.85. The Kier molecular flexibility index (Phi) is 1.72. The van der Waals surface area contributed by atoms with E-state index in [4.69, 9.17) is 11.6 Å². The van der Waals surface area contributed by atoms with Gasteiger partial charge in [0.15, 0.2) is 0 Å². The number of benzene rings is 1. The molecule has 0 amide bonds. The van der Waals surface area contributed by atoms with Gasteiger partial charge in [0.05, 0.1) is 0 Å². The molecule has 0 heterocycles. The fourth-order valence-electron chi connectivity index (χ4n) is 0.611. The monoisotopic (exact) mass is 143 g/mol. The molecule has 2 heteroatoms. The van der Waals surface area contributed by atoms with Gasteiger partial charge in [0.1, 0.15) is 5.82 Å². The van der Waals surface area contributed by atoms with E-state index in [0.717, 1.165) is 0 Å². The molecule has 0 aromatic heterocycles. The van der Waals surface area contributed by atoms with Crippen molar-refractivity contribution >= 4 is 11.6 Å². The molecule has 0 aliphatic heterocycles. The van der Waals surface area contributed by atoms with Gasteiger partial charge in [0.2, 0.25) is 0 Å². The number of halogens is 2. The molecule has 9 heavy (non-hydrogen) atoms. The average molecular weight is 144 g/mol. The zero-order valence-corrected chi connectivity index (χ0v) is 5.45. The van der Waals surface area contributed by atoms with Crippen molar-refractivity contribution in [3.05, 3.63) is 41.5 Å². The number of rotatable bonds is 0. The lowest BCUT2D eigenvalue weighted by Crippen LogP contribution is -1.75. The first-order valence-corrected chi connectivity index (χ1v) is 2.84. The van der Waals surface area contributed by atoms with Gasteiger partial charge in [0, 0.05) is 5.02 Å². The van der Waals surface area contributed by atoms with Crippen molar-refractivity contribution in [3.8, 4) is 0 Å². The van der Waals surface area contributed by atoms with Crippen molar-refractivity contribution in [2.75, 3.05) is 0 Å². The molecule has 0 N–H and O–H groups in total. The minimum atomic E-state index is -0.340. The second-order valence-corrected chi connectivity index (χ2v) is 2.21. The highest BCUT2D eigenvalue weighted by Gasteiger charge is 1.92. The Balaban J connectivity index is 3.17. The standard InChI is InChI=1S/C7H5ClF/c1-5-2-6(8)4-7(9)3-5/h2-4H,1H2. The molecule has 47 valence electrons. The summed E-state index contributed by atoms with van der Waals surface area (Å²) in [4.78, 5) is 0. The number of hydrogen-bond acceptors (Lipinski definition) is 0. The summed E-state index contributed by atoms with van der Waals surface area (Å²) in [5.41, 5.74) is 0.597. The van der Waals surface area contributed by atoms with Gasteiger partial charge in [-0.2, -0.15) is 0 Å². The molecule has 0 aliphatic carbocycles. The molecular formula is C7H5ClF. The smallest absolute Gasteiger partial charge is 0.124 e. The summed E-state index contributed by atoms with van der Waals surface area (Å²) in [6.07, 6.45) is 0.